The molecule has 1 aromatic heterocycles. The molecule has 0 saturated carbocycles. The number of amides is 1. The zero-order valence-corrected chi connectivity index (χ0v) is 19.4. The van der Waals surface area contributed by atoms with Crippen molar-refractivity contribution in [3.63, 3.8) is 0 Å². The third kappa shape index (κ3) is 5.59. The number of rotatable bonds is 7. The van der Waals surface area contributed by atoms with Crippen LogP contribution in [-0.2, 0) is 33.7 Å². The number of sulfonamides is 1. The van der Waals surface area contributed by atoms with E-state index in [0.29, 0.717) is 5.69 Å². The molecule has 11 nitrogen and oxygen atoms in total. The molecule has 12 heteroatoms. The fraction of sp³-hybridized carbons (Fsp3) is 0.182. The molecule has 0 spiro atoms. The van der Waals surface area contributed by atoms with E-state index < -0.39 is 39.8 Å². The fourth-order valence-corrected chi connectivity index (χ4v) is 3.91. The van der Waals surface area contributed by atoms with Crippen LogP contribution in [0.15, 0.2) is 69.1 Å². The average molecular weight is 487 g/mol. The molecule has 178 valence electrons. The fourth-order valence-electron chi connectivity index (χ4n) is 2.85. The van der Waals surface area contributed by atoms with E-state index in [9.17, 15) is 27.6 Å². The van der Waals surface area contributed by atoms with Gasteiger partial charge in [-0.2, -0.15) is 0 Å². The Labute approximate surface area is 194 Å². The molecule has 3 aromatic rings. The van der Waals surface area contributed by atoms with Crippen molar-refractivity contribution < 1.29 is 22.7 Å². The lowest BCUT2D eigenvalue weighted by atomic mass is 10.2. The Morgan fingerprint density at radius 3 is 2.18 bits per heavy atom. The van der Waals surface area contributed by atoms with E-state index in [4.69, 9.17) is 4.74 Å². The summed E-state index contributed by atoms with van der Waals surface area (Å²) in [5.74, 6) is -1.67. The first-order valence-corrected chi connectivity index (χ1v) is 11.4. The number of nitrogens with one attached hydrogen (secondary N) is 2. The Morgan fingerprint density at radius 2 is 1.56 bits per heavy atom. The van der Waals surface area contributed by atoms with Gasteiger partial charge in [0.25, 0.3) is 21.5 Å². The van der Waals surface area contributed by atoms with Crippen LogP contribution < -0.4 is 21.3 Å². The highest BCUT2D eigenvalue weighted by atomic mass is 32.2. The van der Waals surface area contributed by atoms with Crippen molar-refractivity contribution in [3.05, 3.63) is 86.6 Å². The molecule has 0 aliphatic rings. The smallest absolute Gasteiger partial charge is 0.338 e. The van der Waals surface area contributed by atoms with Crippen LogP contribution in [0.1, 0.15) is 15.9 Å². The van der Waals surface area contributed by atoms with Crippen LogP contribution in [-0.4, -0.2) is 36.0 Å². The quantitative estimate of drug-likeness (QED) is 0.474. The Hall–Kier alpha value is -4.19. The first-order chi connectivity index (χ1) is 16.0. The molecule has 1 amide bonds. The Balaban J connectivity index is 1.61. The maximum atomic E-state index is 12.5. The minimum Gasteiger partial charge on any atom is -0.452 e. The molecule has 0 aliphatic heterocycles. The normalized spacial score (nSPS) is 11.0. The maximum Gasteiger partial charge on any atom is 0.338 e. The monoisotopic (exact) mass is 486 g/mol. The first kappa shape index (κ1) is 24.5. The van der Waals surface area contributed by atoms with Gasteiger partial charge in [0.1, 0.15) is 5.82 Å². The first-order valence-electron chi connectivity index (χ1n) is 9.91. The van der Waals surface area contributed by atoms with Crippen LogP contribution >= 0.6 is 0 Å². The summed E-state index contributed by atoms with van der Waals surface area (Å²) in [6, 6.07) is 12.9. The van der Waals surface area contributed by atoms with E-state index in [1.165, 1.54) is 38.4 Å². The summed E-state index contributed by atoms with van der Waals surface area (Å²) in [6.45, 7) is 1.20. The highest BCUT2D eigenvalue weighted by Gasteiger charge is 2.17. The summed E-state index contributed by atoms with van der Waals surface area (Å²) >= 11 is 0. The number of anilines is 2. The van der Waals surface area contributed by atoms with E-state index >= 15 is 0 Å². The lowest BCUT2D eigenvalue weighted by Crippen LogP contribution is -2.38. The van der Waals surface area contributed by atoms with Gasteiger partial charge >= 0.3 is 11.7 Å². The molecular weight excluding hydrogens is 464 g/mol. The molecule has 0 saturated heterocycles. The zero-order chi connectivity index (χ0) is 25.0. The number of hydrogen-bond donors (Lipinski definition) is 2. The zero-order valence-electron chi connectivity index (χ0n) is 18.6. The number of hydrogen-bond acceptors (Lipinski definition) is 7. The second kappa shape index (κ2) is 9.75. The molecule has 2 aromatic carbocycles. The van der Waals surface area contributed by atoms with Crippen LogP contribution in [0.4, 0.5) is 11.5 Å². The highest BCUT2D eigenvalue weighted by Crippen LogP contribution is 2.17. The molecule has 0 aliphatic carbocycles. The molecular formula is C22H22N4O7S. The lowest BCUT2D eigenvalue weighted by molar-refractivity contribution is -0.119. The average Bonchev–Trinajstić information content (AvgIpc) is 2.81. The number of aryl methyl sites for hydroxylation is 1. The number of ether oxygens (including phenoxy) is 1. The van der Waals surface area contributed by atoms with Crippen LogP contribution in [0.3, 0.4) is 0 Å². The molecule has 0 unspecified atom stereocenters. The number of carbonyl (C=O) groups excluding carboxylic acids is 2. The number of esters is 1. The topological polar surface area (TPSA) is 146 Å². The van der Waals surface area contributed by atoms with Crippen LogP contribution in [0, 0.1) is 6.92 Å². The third-order valence-corrected chi connectivity index (χ3v) is 6.23. The van der Waals surface area contributed by atoms with Gasteiger partial charge in [0.05, 0.1) is 10.5 Å². The summed E-state index contributed by atoms with van der Waals surface area (Å²) in [5, 5.41) is 2.33. The van der Waals surface area contributed by atoms with Gasteiger partial charge in [-0.3, -0.25) is 23.4 Å². The summed E-state index contributed by atoms with van der Waals surface area (Å²) in [6.07, 6.45) is 0. The summed E-state index contributed by atoms with van der Waals surface area (Å²) in [4.78, 5) is 47.9. The summed E-state index contributed by atoms with van der Waals surface area (Å²) in [7, 11) is -1.20. The van der Waals surface area contributed by atoms with Gasteiger partial charge < -0.3 is 10.1 Å². The van der Waals surface area contributed by atoms with Gasteiger partial charge in [0, 0.05) is 25.8 Å². The van der Waals surface area contributed by atoms with Crippen molar-refractivity contribution in [1.29, 1.82) is 0 Å². The molecule has 0 fully saturated rings. The van der Waals surface area contributed by atoms with Crippen molar-refractivity contribution in [2.75, 3.05) is 16.6 Å². The summed E-state index contributed by atoms with van der Waals surface area (Å²) < 4.78 is 34.4. The van der Waals surface area contributed by atoms with Crippen LogP contribution in [0.25, 0.3) is 0 Å². The van der Waals surface area contributed by atoms with Crippen LogP contribution in [0.5, 0.6) is 0 Å². The molecule has 0 bridgehead atoms. The van der Waals surface area contributed by atoms with E-state index in [0.717, 1.165) is 20.8 Å². The molecule has 2 N–H and O–H groups in total. The Kier molecular flexibility index (Phi) is 7.01. The number of carbonyl (C=O) groups is 2. The standard InChI is InChI=1S/C22H22N4O7S/c1-14-4-8-16(9-5-14)24-34(31,32)17-10-6-15(7-11-17)21(29)33-13-19(27)23-18-12-20(28)26(3)22(30)25(18)2/h4-12,24H,13H2,1-3H3,(H,23,27). The number of aromatic nitrogens is 2. The van der Waals surface area contributed by atoms with Gasteiger partial charge in [-0.1, -0.05) is 17.7 Å². The predicted molar refractivity (Wildman–Crippen MR) is 124 cm³/mol. The van der Waals surface area contributed by atoms with Gasteiger partial charge in [-0.15, -0.1) is 0 Å². The van der Waals surface area contributed by atoms with Gasteiger partial charge in [0.2, 0.25) is 0 Å². The van der Waals surface area contributed by atoms with Gasteiger partial charge in [-0.25, -0.2) is 18.0 Å². The van der Waals surface area contributed by atoms with Crippen LogP contribution in [0.2, 0.25) is 0 Å². The van der Waals surface area contributed by atoms with E-state index in [2.05, 4.69) is 10.0 Å². The second-order valence-electron chi connectivity index (χ2n) is 7.39. The minimum absolute atomic E-state index is 0.0306. The van der Waals surface area contributed by atoms with Crippen molar-refractivity contribution in [1.82, 2.24) is 9.13 Å². The summed E-state index contributed by atoms with van der Waals surface area (Å²) in [5.41, 5.74) is 0.169. The van der Waals surface area contributed by atoms with Crippen molar-refractivity contribution in [2.45, 2.75) is 11.8 Å². The molecule has 34 heavy (non-hydrogen) atoms. The van der Waals surface area contributed by atoms with Crippen molar-refractivity contribution in [2.24, 2.45) is 14.1 Å². The maximum absolute atomic E-state index is 12.5. The third-order valence-electron chi connectivity index (χ3n) is 4.83. The Bertz CT molecular complexity index is 1460. The van der Waals surface area contributed by atoms with Gasteiger partial charge in [0.15, 0.2) is 6.61 Å². The Morgan fingerprint density at radius 1 is 0.941 bits per heavy atom. The number of benzene rings is 2. The molecule has 1 heterocycles. The van der Waals surface area contributed by atoms with E-state index in [1.807, 2.05) is 6.92 Å². The SMILES string of the molecule is Cc1ccc(NS(=O)(=O)c2ccc(C(=O)OCC(=O)Nc3cc(=O)n(C)c(=O)n3C)cc2)cc1. The molecule has 3 rings (SSSR count). The highest BCUT2D eigenvalue weighted by molar-refractivity contribution is 7.92. The predicted octanol–water partition coefficient (Wildman–Crippen LogP) is 0.989. The van der Waals surface area contributed by atoms with E-state index in [1.54, 1.807) is 24.3 Å². The second-order valence-corrected chi connectivity index (χ2v) is 9.07. The van der Waals surface area contributed by atoms with E-state index in [-0.39, 0.29) is 16.3 Å². The largest absolute Gasteiger partial charge is 0.452 e. The number of nitrogens with zero attached hydrogens (tertiary/aromatic N) is 2. The van der Waals surface area contributed by atoms with Crippen molar-refractivity contribution >= 4 is 33.4 Å². The van der Waals surface area contributed by atoms with Crippen molar-refractivity contribution in [3.8, 4) is 0 Å². The van der Waals surface area contributed by atoms with Gasteiger partial charge in [-0.05, 0) is 43.3 Å². The molecule has 0 radical (unpaired) electrons. The lowest BCUT2D eigenvalue weighted by Gasteiger charge is -2.11. The molecule has 0 atom stereocenters. The minimum atomic E-state index is -3.86.